The van der Waals surface area contributed by atoms with Crippen LogP contribution in [0.1, 0.15) is 20.8 Å². The fraction of sp³-hybridized carbons (Fsp3) is 0.237. The summed E-state index contributed by atoms with van der Waals surface area (Å²) in [6, 6.07) is 27.8. The maximum absolute atomic E-state index is 12.5. The summed E-state index contributed by atoms with van der Waals surface area (Å²) in [5, 5.41) is 4.09. The predicted molar refractivity (Wildman–Crippen MR) is 193 cm³/mol. The number of alkyl carbamates (subject to hydrolysis) is 1. The highest BCUT2D eigenvalue weighted by Gasteiger charge is 2.24. The number of nitrogens with one attached hydrogen (secondary N) is 1. The predicted octanol–water partition coefficient (Wildman–Crippen LogP) is 6.25. The zero-order valence-electron chi connectivity index (χ0n) is 28.2. The number of esters is 1. The number of para-hydroxylation sites is 1. The molecule has 1 amide bonds. The smallest absolute Gasteiger partial charge is 0.407 e. The van der Waals surface area contributed by atoms with E-state index in [1.165, 1.54) is 6.07 Å². The molecule has 0 spiro atoms. The van der Waals surface area contributed by atoms with Crippen molar-refractivity contribution in [3.8, 4) is 22.5 Å². The van der Waals surface area contributed by atoms with Crippen molar-refractivity contribution in [3.05, 3.63) is 109 Å². The van der Waals surface area contributed by atoms with Gasteiger partial charge in [-0.1, -0.05) is 43.0 Å². The number of nitrogens with zero attached hydrogens (tertiary/aromatic N) is 2. The molecule has 1 aliphatic carbocycles. The molecule has 11 nitrogen and oxygen atoms in total. The van der Waals surface area contributed by atoms with E-state index in [9.17, 15) is 22.6 Å². The molecule has 2 aliphatic rings. The number of carbonyl (C=O) groups excluding carboxylic acids is 2. The molecule has 0 saturated carbocycles. The number of fused-ring (bicyclic) bond motifs is 2. The summed E-state index contributed by atoms with van der Waals surface area (Å²) in [4.78, 5) is 25.5. The van der Waals surface area contributed by atoms with Crippen LogP contribution in [-0.4, -0.2) is 64.4 Å². The van der Waals surface area contributed by atoms with E-state index in [1.807, 2.05) is 78.6 Å². The lowest BCUT2D eigenvalue weighted by Gasteiger charge is -2.24. The van der Waals surface area contributed by atoms with Crippen LogP contribution in [0.25, 0.3) is 33.4 Å². The fourth-order valence-electron chi connectivity index (χ4n) is 5.73. The standard InChI is InChI=1S/C38H39N3O8S/c1-5-40(21-23-48-38(43)39-20-22-47-37(42)26(3)4)28-16-18-30-33(24-28)49-34-25-29(41(6-2)27-12-8-7-9-13-27)17-19-31(34)36(30)32-14-10-11-15-35(32)50(44,45)46/h7-19,24-25H,3,5-6,20-23H2,1-2,4H3,(H-,39,43,44,45,46)/p+1. The molecule has 0 bridgehead atoms. The van der Waals surface area contributed by atoms with Gasteiger partial charge in [-0.25, -0.2) is 9.59 Å². The van der Waals surface area contributed by atoms with Gasteiger partial charge >= 0.3 is 12.1 Å². The summed E-state index contributed by atoms with van der Waals surface area (Å²) < 4.78 is 54.3. The number of carbonyl (C=O) groups is 2. The van der Waals surface area contributed by atoms with Crippen molar-refractivity contribution in [2.45, 2.75) is 25.7 Å². The van der Waals surface area contributed by atoms with E-state index in [0.29, 0.717) is 53.1 Å². The van der Waals surface area contributed by atoms with Crippen molar-refractivity contribution >= 4 is 44.5 Å². The second kappa shape index (κ2) is 15.8. The molecular formula is C38H40N3O8S+. The van der Waals surface area contributed by atoms with Crippen molar-refractivity contribution in [1.29, 1.82) is 0 Å². The largest absolute Gasteiger partial charge is 0.460 e. The molecular weight excluding hydrogens is 658 g/mol. The normalized spacial score (nSPS) is 12.0. The molecule has 5 rings (SSSR count). The van der Waals surface area contributed by atoms with Crippen LogP contribution in [0.5, 0.6) is 0 Å². The van der Waals surface area contributed by atoms with Crippen LogP contribution in [0.15, 0.2) is 112 Å². The van der Waals surface area contributed by atoms with Crippen molar-refractivity contribution in [2.75, 3.05) is 44.3 Å². The Balaban J connectivity index is 1.52. The number of ether oxygens (including phenoxy) is 2. The van der Waals surface area contributed by atoms with Crippen molar-refractivity contribution in [3.63, 3.8) is 0 Å². The Morgan fingerprint density at radius 2 is 1.66 bits per heavy atom. The van der Waals surface area contributed by atoms with E-state index in [1.54, 1.807) is 25.1 Å². The minimum atomic E-state index is -4.56. The molecule has 0 aromatic heterocycles. The molecule has 3 aromatic carbocycles. The Morgan fingerprint density at radius 1 is 0.920 bits per heavy atom. The Bertz CT molecular complexity index is 2180. The number of likely N-dealkylation sites (N-methyl/N-ethyl adjacent to an activating group) is 1. The van der Waals surface area contributed by atoms with Crippen molar-refractivity contribution in [1.82, 2.24) is 9.89 Å². The Labute approximate surface area is 291 Å². The first-order chi connectivity index (χ1) is 24.0. The molecule has 0 atom stereocenters. The zero-order valence-corrected chi connectivity index (χ0v) is 29.0. The van der Waals surface area contributed by atoms with Crippen LogP contribution in [0, 0.1) is 0 Å². The van der Waals surface area contributed by atoms with Crippen LogP contribution in [0.3, 0.4) is 0 Å². The number of amides is 1. The maximum atomic E-state index is 12.5. The highest BCUT2D eigenvalue weighted by Crippen LogP contribution is 2.42. The monoisotopic (exact) mass is 698 g/mol. The molecule has 1 aliphatic heterocycles. The van der Waals surface area contributed by atoms with Gasteiger partial charge in [0.05, 0.1) is 19.2 Å². The summed E-state index contributed by atoms with van der Waals surface area (Å²) in [6.45, 7) is 10.9. The molecule has 2 N–H and O–H groups in total. The minimum Gasteiger partial charge on any atom is -0.460 e. The molecule has 12 heteroatoms. The maximum Gasteiger partial charge on any atom is 0.407 e. The first kappa shape index (κ1) is 35.8. The van der Waals surface area contributed by atoms with Gasteiger partial charge in [0, 0.05) is 64.1 Å². The lowest BCUT2D eigenvalue weighted by molar-refractivity contribution is -0.138. The third kappa shape index (κ3) is 8.21. The molecule has 0 radical (unpaired) electrons. The molecule has 0 unspecified atom stereocenters. The topological polar surface area (TPSA) is 138 Å². The second-order valence-electron chi connectivity index (χ2n) is 11.4. The van der Waals surface area contributed by atoms with Gasteiger partial charge in [0.2, 0.25) is 11.0 Å². The third-order valence-electron chi connectivity index (χ3n) is 8.11. The molecule has 3 aromatic rings. The van der Waals surface area contributed by atoms with Crippen molar-refractivity contribution in [2.24, 2.45) is 0 Å². The van der Waals surface area contributed by atoms with E-state index in [4.69, 9.17) is 13.9 Å². The number of hydrogen-bond acceptors (Lipinski definition) is 8. The number of anilines is 1. The van der Waals surface area contributed by atoms with Gasteiger partial charge in [-0.3, -0.25) is 4.55 Å². The Morgan fingerprint density at radius 3 is 2.36 bits per heavy atom. The van der Waals surface area contributed by atoms with E-state index in [0.717, 1.165) is 16.7 Å². The lowest BCUT2D eigenvalue weighted by Crippen LogP contribution is -2.32. The highest BCUT2D eigenvalue weighted by molar-refractivity contribution is 7.86. The highest BCUT2D eigenvalue weighted by atomic mass is 32.2. The van der Waals surface area contributed by atoms with Gasteiger partial charge in [0.25, 0.3) is 10.1 Å². The van der Waals surface area contributed by atoms with Gasteiger partial charge < -0.3 is 24.1 Å². The summed E-state index contributed by atoms with van der Waals surface area (Å²) in [6.07, 6.45) is -0.637. The lowest BCUT2D eigenvalue weighted by atomic mass is 9.93. The van der Waals surface area contributed by atoms with Crippen LogP contribution in [-0.2, 0) is 24.4 Å². The van der Waals surface area contributed by atoms with Gasteiger partial charge in [0.15, 0.2) is 0 Å². The van der Waals surface area contributed by atoms with Crippen LogP contribution in [0.2, 0.25) is 0 Å². The van der Waals surface area contributed by atoms with E-state index in [-0.39, 0.29) is 30.2 Å². The van der Waals surface area contributed by atoms with E-state index >= 15 is 0 Å². The quantitative estimate of drug-likeness (QED) is 0.0365. The Hall–Kier alpha value is -5.46. The molecule has 0 fully saturated rings. The van der Waals surface area contributed by atoms with Crippen molar-refractivity contribution < 1.29 is 36.5 Å². The summed E-state index contributed by atoms with van der Waals surface area (Å²) in [5.74, 6) is -0.00200. The van der Waals surface area contributed by atoms with E-state index < -0.39 is 22.2 Å². The molecule has 260 valence electrons. The number of hydrogen-bond donors (Lipinski definition) is 2. The Kier molecular flexibility index (Phi) is 11.3. The van der Waals surface area contributed by atoms with Gasteiger partial charge in [0.1, 0.15) is 36.0 Å². The average Bonchev–Trinajstić information content (AvgIpc) is 3.11. The van der Waals surface area contributed by atoms with Crippen LogP contribution >= 0.6 is 0 Å². The summed E-state index contributed by atoms with van der Waals surface area (Å²) in [7, 11) is -4.56. The molecule has 50 heavy (non-hydrogen) atoms. The summed E-state index contributed by atoms with van der Waals surface area (Å²) >= 11 is 0. The fourth-order valence-corrected chi connectivity index (χ4v) is 6.43. The van der Waals surface area contributed by atoms with Gasteiger partial charge in [-0.15, -0.1) is 0 Å². The second-order valence-corrected chi connectivity index (χ2v) is 12.8. The first-order valence-electron chi connectivity index (χ1n) is 16.2. The average molecular weight is 699 g/mol. The van der Waals surface area contributed by atoms with E-state index in [2.05, 4.69) is 23.4 Å². The molecule has 1 heterocycles. The van der Waals surface area contributed by atoms with Gasteiger partial charge in [-0.05, 0) is 45.0 Å². The molecule has 0 saturated heterocycles. The number of rotatable bonds is 13. The van der Waals surface area contributed by atoms with Crippen LogP contribution < -0.4 is 20.1 Å². The minimum absolute atomic E-state index is 0.00191. The first-order valence-corrected chi connectivity index (χ1v) is 17.7. The number of benzene rings is 4. The van der Waals surface area contributed by atoms with Crippen LogP contribution in [0.4, 0.5) is 16.2 Å². The zero-order chi connectivity index (χ0) is 35.8. The summed E-state index contributed by atoms with van der Waals surface area (Å²) in [5.41, 5.74) is 4.20. The SMILES string of the molecule is C=C(C)C(=O)OCCNC(=O)OCCN(CC)c1ccc2c(-c3ccccc3S(=O)(=O)O)c3cc/c(=[N+](\CC)c4ccccc4)cc-3oc2c1. The van der Waals surface area contributed by atoms with Gasteiger partial charge in [-0.2, -0.15) is 13.0 Å². The third-order valence-corrected chi connectivity index (χ3v) is 9.03.